The van der Waals surface area contributed by atoms with Crippen LogP contribution in [0.15, 0.2) is 29.6 Å². The lowest BCUT2D eigenvalue weighted by atomic mass is 10.0. The molecule has 1 unspecified atom stereocenters. The molecule has 0 fully saturated rings. The second kappa shape index (κ2) is 7.33. The van der Waals surface area contributed by atoms with E-state index in [-0.39, 0.29) is 6.04 Å². The highest BCUT2D eigenvalue weighted by Crippen LogP contribution is 2.36. The maximum absolute atomic E-state index is 5.52. The van der Waals surface area contributed by atoms with Crippen LogP contribution in [-0.4, -0.2) is 27.9 Å². The lowest BCUT2D eigenvalue weighted by Gasteiger charge is -2.20. The average Bonchev–Trinajstić information content (AvgIpc) is 3.00. The van der Waals surface area contributed by atoms with Gasteiger partial charge in [0.2, 0.25) is 0 Å². The molecule has 1 heterocycles. The van der Waals surface area contributed by atoms with Gasteiger partial charge >= 0.3 is 0 Å². The monoisotopic (exact) mass is 307 g/mol. The molecule has 2 rings (SSSR count). The Hall–Kier alpha value is -1.72. The summed E-state index contributed by atoms with van der Waals surface area (Å²) < 4.78 is 16.1. The number of thiophene rings is 1. The van der Waals surface area contributed by atoms with Gasteiger partial charge in [0.25, 0.3) is 0 Å². The zero-order valence-electron chi connectivity index (χ0n) is 12.8. The van der Waals surface area contributed by atoms with E-state index < -0.39 is 0 Å². The summed E-state index contributed by atoms with van der Waals surface area (Å²) >= 11 is 1.67. The van der Waals surface area contributed by atoms with Crippen molar-refractivity contribution >= 4 is 11.3 Å². The van der Waals surface area contributed by atoms with Gasteiger partial charge in [-0.1, -0.05) is 6.92 Å². The van der Waals surface area contributed by atoms with E-state index in [0.717, 1.165) is 29.4 Å². The quantitative estimate of drug-likeness (QED) is 0.850. The van der Waals surface area contributed by atoms with E-state index in [1.165, 1.54) is 4.88 Å². The Labute approximate surface area is 129 Å². The van der Waals surface area contributed by atoms with Crippen LogP contribution < -0.4 is 19.5 Å². The standard InChI is InChI=1S/C16H21NO3S/c1-5-17-16(15-9-12(19-3)10-21-15)13-7-6-11(18-2)8-14(13)20-4/h6-10,16-17H,5H2,1-4H3. The molecule has 4 nitrogen and oxygen atoms in total. The summed E-state index contributed by atoms with van der Waals surface area (Å²) in [6.45, 7) is 2.95. The van der Waals surface area contributed by atoms with Gasteiger partial charge in [-0.15, -0.1) is 11.3 Å². The zero-order chi connectivity index (χ0) is 15.2. The van der Waals surface area contributed by atoms with Crippen molar-refractivity contribution in [3.05, 3.63) is 40.1 Å². The van der Waals surface area contributed by atoms with E-state index in [1.807, 2.05) is 23.6 Å². The van der Waals surface area contributed by atoms with Gasteiger partial charge in [0.05, 0.1) is 27.4 Å². The molecule has 0 saturated carbocycles. The number of benzene rings is 1. The van der Waals surface area contributed by atoms with Crippen molar-refractivity contribution in [1.29, 1.82) is 0 Å². The van der Waals surface area contributed by atoms with Crippen LogP contribution in [0.5, 0.6) is 17.2 Å². The van der Waals surface area contributed by atoms with E-state index in [2.05, 4.69) is 18.3 Å². The Morgan fingerprint density at radius 2 is 1.81 bits per heavy atom. The van der Waals surface area contributed by atoms with Crippen LogP contribution in [0.25, 0.3) is 0 Å². The SMILES string of the molecule is CCNC(c1cc(OC)cs1)c1ccc(OC)cc1OC. The maximum Gasteiger partial charge on any atom is 0.129 e. The fourth-order valence-electron chi connectivity index (χ4n) is 2.22. The van der Waals surface area contributed by atoms with Crippen molar-refractivity contribution in [2.75, 3.05) is 27.9 Å². The normalized spacial score (nSPS) is 12.0. The molecule has 0 saturated heterocycles. The number of methoxy groups -OCH3 is 3. The molecule has 0 radical (unpaired) electrons. The van der Waals surface area contributed by atoms with Crippen molar-refractivity contribution in [2.45, 2.75) is 13.0 Å². The minimum atomic E-state index is 0.0738. The molecule has 1 aromatic heterocycles. The van der Waals surface area contributed by atoms with Crippen LogP contribution in [0.1, 0.15) is 23.4 Å². The van der Waals surface area contributed by atoms with Gasteiger partial charge in [0, 0.05) is 21.9 Å². The fraction of sp³-hybridized carbons (Fsp3) is 0.375. The van der Waals surface area contributed by atoms with Gasteiger partial charge in [0.1, 0.15) is 17.2 Å². The Morgan fingerprint density at radius 1 is 1.05 bits per heavy atom. The fourth-order valence-corrected chi connectivity index (χ4v) is 3.16. The minimum absolute atomic E-state index is 0.0738. The molecule has 1 N–H and O–H groups in total. The predicted molar refractivity (Wildman–Crippen MR) is 85.9 cm³/mol. The van der Waals surface area contributed by atoms with E-state index in [0.29, 0.717) is 0 Å². The molecule has 0 aliphatic rings. The second-order valence-corrected chi connectivity index (χ2v) is 5.43. The van der Waals surface area contributed by atoms with Crippen LogP contribution in [0.4, 0.5) is 0 Å². The summed E-state index contributed by atoms with van der Waals surface area (Å²) in [5, 5.41) is 5.51. The first-order valence-electron chi connectivity index (χ1n) is 6.81. The van der Waals surface area contributed by atoms with E-state index in [9.17, 15) is 0 Å². The van der Waals surface area contributed by atoms with Crippen molar-refractivity contribution < 1.29 is 14.2 Å². The molecule has 0 aliphatic carbocycles. The molecule has 0 aliphatic heterocycles. The van der Waals surface area contributed by atoms with Crippen LogP contribution in [0.2, 0.25) is 0 Å². The first kappa shape index (κ1) is 15.7. The Bertz CT molecular complexity index is 583. The second-order valence-electron chi connectivity index (χ2n) is 4.49. The van der Waals surface area contributed by atoms with Crippen LogP contribution in [0, 0.1) is 0 Å². The first-order chi connectivity index (χ1) is 10.2. The maximum atomic E-state index is 5.52. The summed E-state index contributed by atoms with van der Waals surface area (Å²) in [4.78, 5) is 1.19. The Kier molecular flexibility index (Phi) is 5.47. The van der Waals surface area contributed by atoms with Gasteiger partial charge in [-0.05, 0) is 24.7 Å². The Morgan fingerprint density at radius 3 is 2.38 bits per heavy atom. The van der Waals surface area contributed by atoms with Crippen molar-refractivity contribution in [1.82, 2.24) is 5.32 Å². The molecule has 5 heteroatoms. The highest BCUT2D eigenvalue weighted by atomic mass is 32.1. The minimum Gasteiger partial charge on any atom is -0.497 e. The van der Waals surface area contributed by atoms with Crippen LogP contribution in [0.3, 0.4) is 0 Å². The molecular formula is C16H21NO3S. The number of hydrogen-bond donors (Lipinski definition) is 1. The molecule has 114 valence electrons. The zero-order valence-corrected chi connectivity index (χ0v) is 13.6. The molecule has 1 aromatic carbocycles. The number of ether oxygens (including phenoxy) is 3. The number of rotatable bonds is 7. The van der Waals surface area contributed by atoms with Gasteiger partial charge in [-0.3, -0.25) is 0 Å². The number of nitrogens with one attached hydrogen (secondary N) is 1. The lowest BCUT2D eigenvalue weighted by molar-refractivity contribution is 0.387. The van der Waals surface area contributed by atoms with Crippen LogP contribution >= 0.6 is 11.3 Å². The van der Waals surface area contributed by atoms with Crippen molar-refractivity contribution in [3.8, 4) is 17.2 Å². The molecule has 2 aromatic rings. The summed E-state index contributed by atoms with van der Waals surface area (Å²) in [5.74, 6) is 2.48. The van der Waals surface area contributed by atoms with Gasteiger partial charge in [0.15, 0.2) is 0 Å². The highest BCUT2D eigenvalue weighted by molar-refractivity contribution is 7.10. The van der Waals surface area contributed by atoms with Gasteiger partial charge in [-0.25, -0.2) is 0 Å². The summed E-state index contributed by atoms with van der Waals surface area (Å²) in [6, 6.07) is 8.03. The largest absolute Gasteiger partial charge is 0.497 e. The molecule has 0 amide bonds. The van der Waals surface area contributed by atoms with E-state index in [1.54, 1.807) is 32.7 Å². The van der Waals surface area contributed by atoms with Gasteiger partial charge in [-0.2, -0.15) is 0 Å². The number of hydrogen-bond acceptors (Lipinski definition) is 5. The average molecular weight is 307 g/mol. The molecule has 21 heavy (non-hydrogen) atoms. The lowest BCUT2D eigenvalue weighted by Crippen LogP contribution is -2.21. The van der Waals surface area contributed by atoms with Gasteiger partial charge < -0.3 is 19.5 Å². The summed E-state index contributed by atoms with van der Waals surface area (Å²) in [5.41, 5.74) is 1.09. The smallest absolute Gasteiger partial charge is 0.129 e. The first-order valence-corrected chi connectivity index (χ1v) is 7.69. The molecule has 1 atom stereocenters. The predicted octanol–water partition coefficient (Wildman–Crippen LogP) is 3.47. The third kappa shape index (κ3) is 3.49. The third-order valence-electron chi connectivity index (χ3n) is 3.28. The van der Waals surface area contributed by atoms with E-state index in [4.69, 9.17) is 14.2 Å². The third-order valence-corrected chi connectivity index (χ3v) is 4.25. The summed E-state index contributed by atoms with van der Waals surface area (Å²) in [6.07, 6.45) is 0. The van der Waals surface area contributed by atoms with E-state index >= 15 is 0 Å². The topological polar surface area (TPSA) is 39.7 Å². The summed E-state index contributed by atoms with van der Waals surface area (Å²) in [7, 11) is 5.01. The molecular weight excluding hydrogens is 286 g/mol. The molecule has 0 spiro atoms. The van der Waals surface area contributed by atoms with Crippen molar-refractivity contribution in [3.63, 3.8) is 0 Å². The Balaban J connectivity index is 2.41. The molecule has 0 bridgehead atoms. The highest BCUT2D eigenvalue weighted by Gasteiger charge is 2.20. The van der Waals surface area contributed by atoms with Crippen molar-refractivity contribution in [2.24, 2.45) is 0 Å². The van der Waals surface area contributed by atoms with Crippen LogP contribution in [-0.2, 0) is 0 Å².